The van der Waals surface area contributed by atoms with Crippen molar-refractivity contribution in [1.82, 2.24) is 4.90 Å². The van der Waals surface area contributed by atoms with Gasteiger partial charge >= 0.3 is 8.80 Å². The molecule has 1 unspecified atom stereocenters. The molecule has 0 saturated heterocycles. The average Bonchev–Trinajstić information content (AvgIpc) is 3.00. The third-order valence-electron chi connectivity index (χ3n) is 8.34. The van der Waals surface area contributed by atoms with Crippen molar-refractivity contribution in [3.63, 3.8) is 0 Å². The lowest BCUT2D eigenvalue weighted by Gasteiger charge is -2.37. The van der Waals surface area contributed by atoms with Crippen LogP contribution in [-0.2, 0) is 22.9 Å². The molecule has 0 saturated carbocycles. The van der Waals surface area contributed by atoms with Gasteiger partial charge in [-0.15, -0.1) is 0 Å². The molecule has 0 aliphatic heterocycles. The van der Waals surface area contributed by atoms with Crippen molar-refractivity contribution in [1.29, 1.82) is 0 Å². The first-order valence-corrected chi connectivity index (χ1v) is 21.6. The van der Waals surface area contributed by atoms with Crippen molar-refractivity contribution in [2.75, 3.05) is 32.1 Å². The van der Waals surface area contributed by atoms with Crippen LogP contribution < -0.4 is 0 Å². The van der Waals surface area contributed by atoms with Crippen molar-refractivity contribution in [3.8, 4) is 0 Å². The van der Waals surface area contributed by atoms with Crippen LogP contribution in [0.5, 0.6) is 0 Å². The van der Waals surface area contributed by atoms with Crippen molar-refractivity contribution in [2.45, 2.75) is 189 Å². The van der Waals surface area contributed by atoms with Gasteiger partial charge in [-0.25, -0.2) is 0 Å². The lowest BCUT2D eigenvalue weighted by atomic mass is 10.1. The van der Waals surface area contributed by atoms with Crippen LogP contribution in [0.25, 0.3) is 0 Å². The molecule has 0 fully saturated rings. The summed E-state index contributed by atoms with van der Waals surface area (Å²) in [5, 5.41) is -0.376. The molecule has 0 N–H and O–H groups in total. The maximum absolute atomic E-state index is 11.8. The molecule has 0 aliphatic carbocycles. The third kappa shape index (κ3) is 24.9. The summed E-state index contributed by atoms with van der Waals surface area (Å²) in [6, 6.07) is 0.654. The second-order valence-corrected chi connectivity index (χ2v) is 16.2. The van der Waals surface area contributed by atoms with Crippen LogP contribution in [0.15, 0.2) is 0 Å². The third-order valence-corrected chi connectivity index (χ3v) is 12.5. The fraction of sp³-hybridized carbons (Fsp3) is 0.944. The number of rotatable bonds is 34. The Morgan fingerprint density at radius 1 is 0.614 bits per heavy atom. The van der Waals surface area contributed by atoms with Crippen molar-refractivity contribution >= 4 is 31.5 Å². The molecular formula is C36H73NO5SSi. The monoisotopic (exact) mass is 659 g/mol. The van der Waals surface area contributed by atoms with Gasteiger partial charge in [-0.3, -0.25) is 14.5 Å². The first kappa shape index (κ1) is 43.7. The van der Waals surface area contributed by atoms with Gasteiger partial charge in [0.15, 0.2) is 0 Å². The number of hydrogen-bond donors (Lipinski definition) is 0. The molecular weight excluding hydrogens is 587 g/mol. The summed E-state index contributed by atoms with van der Waals surface area (Å²) in [6.07, 6.45) is 27.4. The zero-order chi connectivity index (χ0) is 32.7. The zero-order valence-corrected chi connectivity index (χ0v) is 31.9. The molecule has 44 heavy (non-hydrogen) atoms. The minimum atomic E-state index is -2.93. The molecule has 262 valence electrons. The molecule has 6 nitrogen and oxygen atoms in total. The van der Waals surface area contributed by atoms with E-state index in [9.17, 15) is 9.59 Å². The van der Waals surface area contributed by atoms with E-state index in [1.807, 2.05) is 13.8 Å². The summed E-state index contributed by atoms with van der Waals surface area (Å²) in [7, 11) is -2.93. The fourth-order valence-corrected chi connectivity index (χ4v) is 9.44. The van der Waals surface area contributed by atoms with Gasteiger partial charge in [0.05, 0.1) is 0 Å². The Labute approximate surface area is 279 Å². The average molecular weight is 660 g/mol. The second kappa shape index (κ2) is 31.4. The maximum atomic E-state index is 11.8. The van der Waals surface area contributed by atoms with Crippen molar-refractivity contribution in [2.24, 2.45) is 0 Å². The smallest absolute Gasteiger partial charge is 0.374 e. The summed E-state index contributed by atoms with van der Waals surface area (Å²) in [4.78, 5) is 25.6. The number of thioether (sulfide) groups is 1. The molecule has 0 spiro atoms. The number of carbonyl (C=O) groups is 2. The summed E-state index contributed by atoms with van der Waals surface area (Å²) in [6.45, 7) is 15.2. The zero-order valence-electron chi connectivity index (χ0n) is 30.1. The molecule has 0 aliphatic rings. The van der Waals surface area contributed by atoms with Gasteiger partial charge in [-0.05, 0) is 40.0 Å². The highest BCUT2D eigenvalue weighted by Crippen LogP contribution is 2.24. The van der Waals surface area contributed by atoms with E-state index in [1.54, 1.807) is 0 Å². The predicted octanol–water partition coefficient (Wildman–Crippen LogP) is 10.7. The van der Waals surface area contributed by atoms with E-state index in [1.165, 1.54) is 135 Å². The van der Waals surface area contributed by atoms with Crippen molar-refractivity contribution < 1.29 is 22.9 Å². The largest absolute Gasteiger partial charge is 0.502 e. The number of Topliss-reactive ketones (excluding diaryl/α,β-unsaturated/α-hetero) is 1. The fourth-order valence-electron chi connectivity index (χ4n) is 5.72. The quantitative estimate of drug-likeness (QED) is 0.0295. The number of nitrogens with zero attached hydrogens (tertiary/aromatic N) is 1. The van der Waals surface area contributed by atoms with E-state index in [-0.39, 0.29) is 11.3 Å². The number of carbonyl (C=O) groups excluding carboxylic acids is 2. The van der Waals surface area contributed by atoms with Crippen LogP contribution >= 0.6 is 11.8 Å². The molecule has 0 aromatic carbocycles. The molecule has 0 rings (SSSR count). The number of unbranched alkanes of at least 4 members (excludes halogenated alkanes) is 18. The minimum Gasteiger partial charge on any atom is -0.374 e. The van der Waals surface area contributed by atoms with Crippen LogP contribution in [0.1, 0.15) is 176 Å². The summed E-state index contributed by atoms with van der Waals surface area (Å²) in [5.74, 6) is 0.180. The van der Waals surface area contributed by atoms with Crippen LogP contribution in [-0.4, -0.2) is 62.9 Å². The summed E-state index contributed by atoms with van der Waals surface area (Å²) in [5.41, 5.74) is 0. The normalized spacial score (nSPS) is 12.7. The molecule has 0 bridgehead atoms. The molecule has 0 heterocycles. The predicted molar refractivity (Wildman–Crippen MR) is 192 cm³/mol. The van der Waals surface area contributed by atoms with E-state index in [0.717, 1.165) is 31.3 Å². The molecule has 0 radical (unpaired) electrons. The van der Waals surface area contributed by atoms with Gasteiger partial charge in [0.1, 0.15) is 6.23 Å². The minimum absolute atomic E-state index is 0.0802. The molecule has 0 amide bonds. The van der Waals surface area contributed by atoms with Gasteiger partial charge in [0, 0.05) is 45.0 Å². The lowest BCUT2D eigenvalue weighted by molar-refractivity contribution is -0.130. The van der Waals surface area contributed by atoms with Gasteiger partial charge in [-0.2, -0.15) is 0 Å². The van der Waals surface area contributed by atoms with E-state index in [4.69, 9.17) is 13.3 Å². The van der Waals surface area contributed by atoms with Gasteiger partial charge in [0.25, 0.3) is 5.12 Å². The van der Waals surface area contributed by atoms with Gasteiger partial charge in [0.2, 0.25) is 5.78 Å². The highest BCUT2D eigenvalue weighted by molar-refractivity contribution is 8.15. The van der Waals surface area contributed by atoms with Gasteiger partial charge < -0.3 is 13.3 Å². The maximum Gasteiger partial charge on any atom is 0.502 e. The van der Waals surface area contributed by atoms with E-state index in [0.29, 0.717) is 25.0 Å². The second-order valence-electron chi connectivity index (χ2n) is 12.5. The highest BCUT2D eigenvalue weighted by Gasteiger charge is 2.42. The Morgan fingerprint density at radius 2 is 1.00 bits per heavy atom. The Morgan fingerprint density at radius 3 is 1.36 bits per heavy atom. The molecule has 0 aromatic heterocycles. The summed E-state index contributed by atoms with van der Waals surface area (Å²) < 4.78 is 19.3. The standard InChI is InChI=1S/C36H73NO5SSi/c1-7-11-13-15-17-19-21-23-25-27-30-37(31-28-26-24-22-20-18-16-14-12-8-2)35(6)42-44(40-9-3,41-10-4)33-29-32-43-36(39)34(5)38/h35H,7-33H2,1-6H3. The van der Waals surface area contributed by atoms with E-state index < -0.39 is 14.6 Å². The van der Waals surface area contributed by atoms with E-state index >= 15 is 0 Å². The Balaban J connectivity index is 4.95. The summed E-state index contributed by atoms with van der Waals surface area (Å²) >= 11 is 1.09. The SMILES string of the molecule is CCCCCCCCCCCCN(CCCCCCCCCCCC)C(C)O[Si](CCCSC(=O)C(C)=O)(OCC)OCC. The first-order chi connectivity index (χ1) is 21.4. The molecule has 8 heteroatoms. The first-order valence-electron chi connectivity index (χ1n) is 18.7. The van der Waals surface area contributed by atoms with Crippen LogP contribution in [0.3, 0.4) is 0 Å². The lowest BCUT2D eigenvalue weighted by Crippen LogP contribution is -2.52. The highest BCUT2D eigenvalue weighted by atomic mass is 32.2. The molecule has 1 atom stereocenters. The Kier molecular flexibility index (Phi) is 31.2. The number of ketones is 1. The Hall–Kier alpha value is -0.253. The van der Waals surface area contributed by atoms with Crippen LogP contribution in [0.2, 0.25) is 6.04 Å². The number of hydrogen-bond acceptors (Lipinski definition) is 7. The topological polar surface area (TPSA) is 65.1 Å². The van der Waals surface area contributed by atoms with Crippen LogP contribution in [0.4, 0.5) is 0 Å². The molecule has 0 aromatic rings. The Bertz CT molecular complexity index is 638. The van der Waals surface area contributed by atoms with Crippen molar-refractivity contribution in [3.05, 3.63) is 0 Å². The van der Waals surface area contributed by atoms with Crippen LogP contribution in [0, 0.1) is 0 Å². The van der Waals surface area contributed by atoms with Gasteiger partial charge in [-0.1, -0.05) is 141 Å². The van der Waals surface area contributed by atoms with E-state index in [2.05, 4.69) is 25.7 Å².